The number of nitrogens with two attached hydrogens (primary N) is 1. The van der Waals surface area contributed by atoms with Gasteiger partial charge in [0.05, 0.1) is 22.5 Å². The van der Waals surface area contributed by atoms with Crippen LogP contribution in [0, 0.1) is 0 Å². The van der Waals surface area contributed by atoms with E-state index in [0.29, 0.717) is 17.7 Å². The van der Waals surface area contributed by atoms with Gasteiger partial charge >= 0.3 is 0 Å². The lowest BCUT2D eigenvalue weighted by Gasteiger charge is -2.06. The maximum absolute atomic E-state index is 11.6. The van der Waals surface area contributed by atoms with Crippen molar-refractivity contribution in [1.82, 2.24) is 4.98 Å². The second-order valence-corrected chi connectivity index (χ2v) is 3.79. The summed E-state index contributed by atoms with van der Waals surface area (Å²) in [5.41, 5.74) is 8.98. The molecule has 1 aliphatic rings. The number of aromatic nitrogens is 1. The van der Waals surface area contributed by atoms with Crippen LogP contribution in [0.25, 0.3) is 10.9 Å². The molecule has 3 rings (SSSR count). The third-order valence-corrected chi connectivity index (χ3v) is 2.88. The first-order valence-corrected chi connectivity index (χ1v) is 4.97. The monoisotopic (exact) mass is 198 g/mol. The van der Waals surface area contributed by atoms with E-state index < -0.39 is 0 Å². The number of fused-ring (bicyclic) bond motifs is 2. The largest absolute Gasteiger partial charge is 0.398 e. The van der Waals surface area contributed by atoms with Crippen LogP contribution in [0.2, 0.25) is 0 Å². The van der Waals surface area contributed by atoms with Gasteiger partial charge in [0.15, 0.2) is 5.78 Å². The van der Waals surface area contributed by atoms with E-state index in [0.717, 1.165) is 23.0 Å². The summed E-state index contributed by atoms with van der Waals surface area (Å²) < 4.78 is 0. The molecule has 1 heterocycles. The van der Waals surface area contributed by atoms with Crippen molar-refractivity contribution < 1.29 is 4.79 Å². The minimum Gasteiger partial charge on any atom is -0.398 e. The summed E-state index contributed by atoms with van der Waals surface area (Å²) in [6, 6.07) is 7.67. The molecule has 0 saturated carbocycles. The van der Waals surface area contributed by atoms with Gasteiger partial charge in [-0.25, -0.2) is 0 Å². The minimum atomic E-state index is 0.126. The Morgan fingerprint density at radius 2 is 2.00 bits per heavy atom. The van der Waals surface area contributed by atoms with E-state index >= 15 is 0 Å². The lowest BCUT2D eigenvalue weighted by atomic mass is 10.1. The van der Waals surface area contributed by atoms with Gasteiger partial charge in [-0.15, -0.1) is 0 Å². The molecule has 0 saturated heterocycles. The summed E-state index contributed by atoms with van der Waals surface area (Å²) in [5, 5.41) is 0.881. The SMILES string of the molecule is Nc1c2c(nc3ccccc13)CCC2=O. The molecule has 15 heavy (non-hydrogen) atoms. The molecule has 2 aromatic rings. The van der Waals surface area contributed by atoms with E-state index in [4.69, 9.17) is 5.73 Å². The van der Waals surface area contributed by atoms with E-state index in [2.05, 4.69) is 4.98 Å². The molecule has 1 aromatic carbocycles. The highest BCUT2D eigenvalue weighted by Gasteiger charge is 2.24. The highest BCUT2D eigenvalue weighted by atomic mass is 16.1. The van der Waals surface area contributed by atoms with E-state index in [1.165, 1.54) is 0 Å². The lowest BCUT2D eigenvalue weighted by Crippen LogP contribution is -2.01. The van der Waals surface area contributed by atoms with Crippen molar-refractivity contribution >= 4 is 22.4 Å². The molecule has 0 unspecified atom stereocenters. The molecule has 0 fully saturated rings. The Labute approximate surface area is 86.9 Å². The number of hydrogen-bond donors (Lipinski definition) is 1. The number of rotatable bonds is 0. The molecule has 1 aromatic heterocycles. The van der Waals surface area contributed by atoms with Crippen molar-refractivity contribution in [2.24, 2.45) is 0 Å². The number of hydrogen-bond acceptors (Lipinski definition) is 3. The average Bonchev–Trinajstić information content (AvgIpc) is 2.61. The summed E-state index contributed by atoms with van der Waals surface area (Å²) in [4.78, 5) is 16.1. The van der Waals surface area contributed by atoms with Gasteiger partial charge in [-0.05, 0) is 12.5 Å². The van der Waals surface area contributed by atoms with Crippen LogP contribution < -0.4 is 5.73 Å². The molecule has 0 bridgehead atoms. The van der Waals surface area contributed by atoms with Gasteiger partial charge in [-0.2, -0.15) is 0 Å². The summed E-state index contributed by atoms with van der Waals surface area (Å²) >= 11 is 0. The van der Waals surface area contributed by atoms with E-state index in [9.17, 15) is 4.79 Å². The number of para-hydroxylation sites is 1. The zero-order chi connectivity index (χ0) is 10.4. The van der Waals surface area contributed by atoms with Gasteiger partial charge in [-0.3, -0.25) is 9.78 Å². The number of carbonyl (C=O) groups excluding carboxylic acids is 1. The number of nitrogen functional groups attached to an aromatic ring is 1. The molecule has 3 nitrogen and oxygen atoms in total. The summed E-state index contributed by atoms with van der Waals surface area (Å²) in [6.45, 7) is 0. The fraction of sp³-hybridized carbons (Fsp3) is 0.167. The van der Waals surface area contributed by atoms with Crippen molar-refractivity contribution in [1.29, 1.82) is 0 Å². The predicted octanol–water partition coefficient (Wildman–Crippen LogP) is 1.95. The highest BCUT2D eigenvalue weighted by Crippen LogP contribution is 2.31. The van der Waals surface area contributed by atoms with Crippen molar-refractivity contribution in [2.45, 2.75) is 12.8 Å². The first-order valence-electron chi connectivity index (χ1n) is 4.97. The smallest absolute Gasteiger partial charge is 0.167 e. The molecule has 0 atom stereocenters. The van der Waals surface area contributed by atoms with E-state index in [-0.39, 0.29) is 5.78 Å². The number of carbonyl (C=O) groups is 1. The van der Waals surface area contributed by atoms with Crippen molar-refractivity contribution in [3.05, 3.63) is 35.5 Å². The van der Waals surface area contributed by atoms with Crippen LogP contribution in [-0.2, 0) is 6.42 Å². The van der Waals surface area contributed by atoms with Crippen LogP contribution in [-0.4, -0.2) is 10.8 Å². The molecular weight excluding hydrogens is 188 g/mol. The second kappa shape index (κ2) is 2.79. The summed E-state index contributed by atoms with van der Waals surface area (Å²) in [6.07, 6.45) is 1.27. The molecule has 2 N–H and O–H groups in total. The maximum Gasteiger partial charge on any atom is 0.167 e. The van der Waals surface area contributed by atoms with Crippen LogP contribution in [0.4, 0.5) is 5.69 Å². The quantitative estimate of drug-likeness (QED) is 0.703. The Kier molecular flexibility index (Phi) is 1.57. The fourth-order valence-corrected chi connectivity index (χ4v) is 2.14. The first kappa shape index (κ1) is 8.41. The number of aryl methyl sites for hydroxylation is 1. The van der Waals surface area contributed by atoms with Crippen LogP contribution in [0.5, 0.6) is 0 Å². The minimum absolute atomic E-state index is 0.126. The Morgan fingerprint density at radius 3 is 2.87 bits per heavy atom. The van der Waals surface area contributed by atoms with Crippen LogP contribution in [0.3, 0.4) is 0 Å². The zero-order valence-corrected chi connectivity index (χ0v) is 8.16. The molecular formula is C12H10N2O. The summed E-state index contributed by atoms with van der Waals surface area (Å²) in [5.74, 6) is 0.126. The maximum atomic E-state index is 11.6. The Bertz CT molecular complexity index is 575. The van der Waals surface area contributed by atoms with E-state index in [1.54, 1.807) is 0 Å². The number of benzene rings is 1. The van der Waals surface area contributed by atoms with Gasteiger partial charge in [0.2, 0.25) is 0 Å². The van der Waals surface area contributed by atoms with Gasteiger partial charge in [-0.1, -0.05) is 18.2 Å². The molecule has 0 aliphatic heterocycles. The number of ketones is 1. The van der Waals surface area contributed by atoms with Crippen molar-refractivity contribution in [3.63, 3.8) is 0 Å². The standard InChI is InChI=1S/C12H10N2O/c13-12-7-3-1-2-4-8(7)14-9-5-6-10(15)11(9)12/h1-4H,5-6H2,(H2,13,14). The zero-order valence-electron chi connectivity index (χ0n) is 8.16. The number of nitrogens with zero attached hydrogens (tertiary/aromatic N) is 1. The molecule has 0 spiro atoms. The van der Waals surface area contributed by atoms with Crippen molar-refractivity contribution in [3.8, 4) is 0 Å². The highest BCUT2D eigenvalue weighted by molar-refractivity contribution is 6.10. The molecule has 1 aliphatic carbocycles. The van der Waals surface area contributed by atoms with Crippen molar-refractivity contribution in [2.75, 3.05) is 5.73 Å². The normalized spacial score (nSPS) is 14.5. The molecule has 0 radical (unpaired) electrons. The average molecular weight is 198 g/mol. The number of pyridine rings is 1. The third-order valence-electron chi connectivity index (χ3n) is 2.88. The predicted molar refractivity (Wildman–Crippen MR) is 58.8 cm³/mol. The number of anilines is 1. The topological polar surface area (TPSA) is 56.0 Å². The van der Waals surface area contributed by atoms with Crippen LogP contribution in [0.15, 0.2) is 24.3 Å². The third kappa shape index (κ3) is 1.06. The lowest BCUT2D eigenvalue weighted by molar-refractivity contribution is 0.0995. The van der Waals surface area contributed by atoms with E-state index in [1.807, 2.05) is 24.3 Å². The Balaban J connectivity index is 2.46. The molecule has 3 heteroatoms. The first-order chi connectivity index (χ1) is 7.27. The second-order valence-electron chi connectivity index (χ2n) is 3.79. The van der Waals surface area contributed by atoms with Gasteiger partial charge < -0.3 is 5.73 Å². The van der Waals surface area contributed by atoms with Crippen LogP contribution in [0.1, 0.15) is 22.5 Å². The molecule has 0 amide bonds. The Morgan fingerprint density at radius 1 is 1.20 bits per heavy atom. The fourth-order valence-electron chi connectivity index (χ4n) is 2.14. The molecule has 74 valence electrons. The van der Waals surface area contributed by atoms with Gasteiger partial charge in [0.1, 0.15) is 0 Å². The van der Waals surface area contributed by atoms with Gasteiger partial charge in [0.25, 0.3) is 0 Å². The Hall–Kier alpha value is -1.90. The van der Waals surface area contributed by atoms with Gasteiger partial charge in [0, 0.05) is 11.8 Å². The summed E-state index contributed by atoms with van der Waals surface area (Å²) in [7, 11) is 0. The van der Waals surface area contributed by atoms with Crippen LogP contribution >= 0.6 is 0 Å². The number of Topliss-reactive ketones (excluding diaryl/α,β-unsaturated/α-hetero) is 1.